The van der Waals surface area contributed by atoms with Crippen LogP contribution < -0.4 is 14.2 Å². The van der Waals surface area contributed by atoms with Gasteiger partial charge in [0.25, 0.3) is 0 Å². The maximum absolute atomic E-state index is 13.0. The first-order valence-electron chi connectivity index (χ1n) is 11.2. The Morgan fingerprint density at radius 2 is 1.66 bits per heavy atom. The first-order chi connectivity index (χ1) is 15.3. The number of rotatable bonds is 7. The molecule has 0 aromatic heterocycles. The highest BCUT2D eigenvalue weighted by Crippen LogP contribution is 2.46. The molecule has 6 nitrogen and oxygen atoms in total. The van der Waals surface area contributed by atoms with Crippen molar-refractivity contribution in [2.75, 3.05) is 14.2 Å². The summed E-state index contributed by atoms with van der Waals surface area (Å²) in [6.07, 6.45) is 5.15. The number of hydrogen-bond donors (Lipinski definition) is 0. The van der Waals surface area contributed by atoms with Gasteiger partial charge in [0.1, 0.15) is 6.10 Å². The highest BCUT2D eigenvalue weighted by molar-refractivity contribution is 6.01. The van der Waals surface area contributed by atoms with Gasteiger partial charge in [0.05, 0.1) is 14.2 Å². The Labute approximate surface area is 188 Å². The van der Waals surface area contributed by atoms with Crippen LogP contribution in [0.1, 0.15) is 61.9 Å². The molecule has 2 aromatic rings. The normalized spacial score (nSPS) is 16.1. The van der Waals surface area contributed by atoms with E-state index < -0.39 is 11.6 Å². The van der Waals surface area contributed by atoms with Crippen LogP contribution in [0.4, 0.5) is 0 Å². The van der Waals surface area contributed by atoms with E-state index in [4.69, 9.17) is 18.9 Å². The third-order valence-electron chi connectivity index (χ3n) is 6.26. The van der Waals surface area contributed by atoms with E-state index in [1.54, 1.807) is 28.1 Å². The largest absolute Gasteiger partial charge is 0.493 e. The SMILES string of the molecule is COc1ccc(-c2ccc3c(c2)CCC3=O)c(OC(C)(C)C(=O)OC2CCCC2)c1OC. The summed E-state index contributed by atoms with van der Waals surface area (Å²) >= 11 is 0. The van der Waals surface area contributed by atoms with Crippen LogP contribution in [-0.2, 0) is 16.0 Å². The molecule has 6 heteroatoms. The van der Waals surface area contributed by atoms with Crippen molar-refractivity contribution < 1.29 is 28.5 Å². The first kappa shape index (κ1) is 22.2. The number of fused-ring (bicyclic) bond motifs is 1. The molecule has 0 amide bonds. The van der Waals surface area contributed by atoms with E-state index in [1.807, 2.05) is 30.3 Å². The Morgan fingerprint density at radius 1 is 0.938 bits per heavy atom. The minimum atomic E-state index is -1.23. The van der Waals surface area contributed by atoms with Crippen molar-refractivity contribution in [1.29, 1.82) is 0 Å². The van der Waals surface area contributed by atoms with Crippen LogP contribution in [0.3, 0.4) is 0 Å². The van der Waals surface area contributed by atoms with Gasteiger partial charge in [-0.2, -0.15) is 0 Å². The van der Waals surface area contributed by atoms with Crippen molar-refractivity contribution >= 4 is 11.8 Å². The van der Waals surface area contributed by atoms with Gasteiger partial charge in [-0.3, -0.25) is 4.79 Å². The van der Waals surface area contributed by atoms with Crippen molar-refractivity contribution in [3.05, 3.63) is 41.5 Å². The lowest BCUT2D eigenvalue weighted by atomic mass is 9.98. The molecule has 0 heterocycles. The van der Waals surface area contributed by atoms with Gasteiger partial charge in [-0.15, -0.1) is 0 Å². The summed E-state index contributed by atoms with van der Waals surface area (Å²) in [5.41, 5.74) is 2.20. The third kappa shape index (κ3) is 4.18. The predicted octanol–water partition coefficient (Wildman–Crippen LogP) is 5.14. The van der Waals surface area contributed by atoms with Crippen molar-refractivity contribution in [2.45, 2.75) is 64.1 Å². The van der Waals surface area contributed by atoms with Crippen LogP contribution in [0, 0.1) is 0 Å². The van der Waals surface area contributed by atoms with Crippen LogP contribution in [0.5, 0.6) is 17.2 Å². The molecule has 0 bridgehead atoms. The summed E-state index contributed by atoms with van der Waals surface area (Å²) in [4.78, 5) is 25.0. The number of ketones is 1. The van der Waals surface area contributed by atoms with Gasteiger partial charge in [0.15, 0.2) is 22.9 Å². The Hall–Kier alpha value is -3.02. The van der Waals surface area contributed by atoms with Gasteiger partial charge in [-0.05, 0) is 69.2 Å². The smallest absolute Gasteiger partial charge is 0.350 e. The number of Topliss-reactive ketones (excluding diaryl/α,β-unsaturated/α-hetero) is 1. The van der Waals surface area contributed by atoms with E-state index >= 15 is 0 Å². The summed E-state index contributed by atoms with van der Waals surface area (Å²) < 4.78 is 23.2. The molecule has 0 aliphatic heterocycles. The molecule has 0 spiro atoms. The molecule has 4 rings (SSSR count). The number of carbonyl (C=O) groups excluding carboxylic acids is 2. The average Bonchev–Trinajstić information content (AvgIpc) is 3.42. The van der Waals surface area contributed by atoms with Gasteiger partial charge >= 0.3 is 5.97 Å². The molecule has 0 atom stereocenters. The maximum Gasteiger partial charge on any atom is 0.350 e. The quantitative estimate of drug-likeness (QED) is 0.557. The van der Waals surface area contributed by atoms with Gasteiger partial charge in [0, 0.05) is 17.5 Å². The minimum Gasteiger partial charge on any atom is -0.493 e. The topological polar surface area (TPSA) is 71.1 Å². The number of carbonyl (C=O) groups is 2. The van der Waals surface area contributed by atoms with E-state index in [2.05, 4.69) is 0 Å². The van der Waals surface area contributed by atoms with Crippen LogP contribution in [0.15, 0.2) is 30.3 Å². The van der Waals surface area contributed by atoms with Crippen molar-refractivity contribution in [1.82, 2.24) is 0 Å². The van der Waals surface area contributed by atoms with E-state index in [0.717, 1.165) is 54.4 Å². The molecule has 1 fully saturated rings. The minimum absolute atomic E-state index is 0.0497. The van der Waals surface area contributed by atoms with Crippen molar-refractivity contribution in [3.63, 3.8) is 0 Å². The van der Waals surface area contributed by atoms with Gasteiger partial charge in [0.2, 0.25) is 5.75 Å². The fourth-order valence-corrected chi connectivity index (χ4v) is 4.45. The maximum atomic E-state index is 13.0. The second-order valence-electron chi connectivity index (χ2n) is 8.90. The van der Waals surface area contributed by atoms with E-state index in [9.17, 15) is 9.59 Å². The molecule has 0 radical (unpaired) electrons. The Bertz CT molecular complexity index is 1030. The molecule has 0 N–H and O–H groups in total. The van der Waals surface area contributed by atoms with Gasteiger partial charge in [-0.1, -0.05) is 18.2 Å². The highest BCUT2D eigenvalue weighted by atomic mass is 16.6. The van der Waals surface area contributed by atoms with E-state index in [-0.39, 0.29) is 11.9 Å². The highest BCUT2D eigenvalue weighted by Gasteiger charge is 2.37. The Kier molecular flexibility index (Phi) is 6.13. The Balaban J connectivity index is 1.72. The lowest BCUT2D eigenvalue weighted by Crippen LogP contribution is -2.41. The summed E-state index contributed by atoms with van der Waals surface area (Å²) in [7, 11) is 3.10. The van der Waals surface area contributed by atoms with Crippen LogP contribution in [-0.4, -0.2) is 37.7 Å². The third-order valence-corrected chi connectivity index (χ3v) is 6.26. The van der Waals surface area contributed by atoms with Crippen LogP contribution in [0.25, 0.3) is 11.1 Å². The predicted molar refractivity (Wildman–Crippen MR) is 121 cm³/mol. The fourth-order valence-electron chi connectivity index (χ4n) is 4.45. The van der Waals surface area contributed by atoms with Gasteiger partial charge in [-0.25, -0.2) is 4.79 Å². The molecular weight excluding hydrogens is 408 g/mol. The fraction of sp³-hybridized carbons (Fsp3) is 0.462. The second kappa shape index (κ2) is 8.85. The van der Waals surface area contributed by atoms with Crippen LogP contribution >= 0.6 is 0 Å². The molecule has 0 unspecified atom stereocenters. The first-order valence-corrected chi connectivity index (χ1v) is 11.2. The molecule has 0 saturated heterocycles. The molecule has 2 aliphatic carbocycles. The van der Waals surface area contributed by atoms with Crippen molar-refractivity contribution in [2.24, 2.45) is 0 Å². The summed E-state index contributed by atoms with van der Waals surface area (Å²) in [5, 5.41) is 0. The Morgan fingerprint density at radius 3 is 2.34 bits per heavy atom. The number of methoxy groups -OCH3 is 2. The zero-order valence-electron chi connectivity index (χ0n) is 19.2. The zero-order valence-corrected chi connectivity index (χ0v) is 19.2. The average molecular weight is 439 g/mol. The number of benzene rings is 2. The van der Waals surface area contributed by atoms with E-state index in [1.165, 1.54) is 0 Å². The molecule has 170 valence electrons. The standard InChI is InChI=1S/C26H30O6/c1-26(2,25(28)31-18-7-5-6-8-18)32-23-20(12-14-22(29-3)24(23)30-4)17-9-11-19-16(15-17)10-13-21(19)27/h9,11-12,14-15,18H,5-8,10,13H2,1-4H3. The zero-order chi connectivity index (χ0) is 22.9. The monoisotopic (exact) mass is 438 g/mol. The second-order valence-corrected chi connectivity index (χ2v) is 8.90. The molecule has 1 saturated carbocycles. The molecular formula is C26H30O6. The number of ether oxygens (including phenoxy) is 4. The van der Waals surface area contributed by atoms with Crippen molar-refractivity contribution in [3.8, 4) is 28.4 Å². The molecule has 32 heavy (non-hydrogen) atoms. The number of hydrogen-bond acceptors (Lipinski definition) is 6. The molecule has 2 aromatic carbocycles. The lowest BCUT2D eigenvalue weighted by Gasteiger charge is -2.28. The summed E-state index contributed by atoms with van der Waals surface area (Å²) in [6.45, 7) is 3.41. The van der Waals surface area contributed by atoms with Gasteiger partial charge < -0.3 is 18.9 Å². The lowest BCUT2D eigenvalue weighted by molar-refractivity contribution is -0.164. The molecule has 2 aliphatic rings. The number of esters is 1. The summed E-state index contributed by atoms with van der Waals surface area (Å²) in [5.74, 6) is 1.08. The number of aryl methyl sites for hydroxylation is 1. The summed E-state index contributed by atoms with van der Waals surface area (Å²) in [6, 6.07) is 9.47. The van der Waals surface area contributed by atoms with Crippen LogP contribution in [0.2, 0.25) is 0 Å². The van der Waals surface area contributed by atoms with E-state index in [0.29, 0.717) is 23.7 Å².